The first kappa shape index (κ1) is 16.7. The Balaban J connectivity index is 1.60. The molecule has 2 amide bonds. The summed E-state index contributed by atoms with van der Waals surface area (Å²) in [6.45, 7) is 0. The van der Waals surface area contributed by atoms with E-state index in [2.05, 4.69) is 10.6 Å². The van der Waals surface area contributed by atoms with Gasteiger partial charge in [0.1, 0.15) is 4.92 Å². The van der Waals surface area contributed by atoms with E-state index in [1.54, 1.807) is 24.3 Å². The molecule has 1 aromatic heterocycles. The molecule has 0 bridgehead atoms. The summed E-state index contributed by atoms with van der Waals surface area (Å²) >= 11 is 0. The molecule has 1 fully saturated rings. The molecular weight excluding hydrogens is 326 g/mol. The molecule has 1 heterocycles. The van der Waals surface area contributed by atoms with Crippen LogP contribution in [0.2, 0.25) is 0 Å². The summed E-state index contributed by atoms with van der Waals surface area (Å²) in [5, 5.41) is 16.1. The van der Waals surface area contributed by atoms with Crippen LogP contribution in [0.1, 0.15) is 46.6 Å². The van der Waals surface area contributed by atoms with Gasteiger partial charge in [-0.15, -0.1) is 0 Å². The second-order valence-electron chi connectivity index (χ2n) is 5.88. The minimum Gasteiger partial charge on any atom is -0.395 e. The monoisotopic (exact) mass is 343 g/mol. The van der Waals surface area contributed by atoms with E-state index < -0.39 is 16.7 Å². The van der Waals surface area contributed by atoms with Gasteiger partial charge in [0.2, 0.25) is 0 Å². The van der Waals surface area contributed by atoms with Crippen LogP contribution in [0.4, 0.5) is 11.6 Å². The van der Waals surface area contributed by atoms with Gasteiger partial charge < -0.3 is 15.1 Å². The number of benzene rings is 1. The molecular formula is C17H17N3O5. The molecule has 0 radical (unpaired) electrons. The number of nitrogens with zero attached hydrogens (tertiary/aromatic N) is 1. The maximum absolute atomic E-state index is 12.1. The number of amides is 2. The topological polar surface area (TPSA) is 114 Å². The van der Waals surface area contributed by atoms with Crippen molar-refractivity contribution >= 4 is 23.4 Å². The van der Waals surface area contributed by atoms with E-state index >= 15 is 0 Å². The van der Waals surface area contributed by atoms with Gasteiger partial charge in [0, 0.05) is 17.3 Å². The number of anilines is 1. The quantitative estimate of drug-likeness (QED) is 0.639. The van der Waals surface area contributed by atoms with Crippen LogP contribution in [-0.2, 0) is 0 Å². The lowest BCUT2D eigenvalue weighted by molar-refractivity contribution is -0.402. The SMILES string of the molecule is O=C(NC1CCCC1)c1ccc(NC(=O)c2ccc([N+](=O)[O-])o2)cc1. The van der Waals surface area contributed by atoms with Crippen LogP contribution in [0.5, 0.6) is 0 Å². The van der Waals surface area contributed by atoms with Crippen LogP contribution in [0.25, 0.3) is 0 Å². The molecule has 130 valence electrons. The molecule has 1 aliphatic carbocycles. The van der Waals surface area contributed by atoms with Crippen LogP contribution < -0.4 is 10.6 Å². The molecule has 8 nitrogen and oxygen atoms in total. The van der Waals surface area contributed by atoms with E-state index in [0.29, 0.717) is 11.3 Å². The van der Waals surface area contributed by atoms with Crippen LogP contribution in [0.3, 0.4) is 0 Å². The molecule has 8 heteroatoms. The molecule has 2 aromatic rings. The van der Waals surface area contributed by atoms with Gasteiger partial charge in [-0.3, -0.25) is 19.7 Å². The third kappa shape index (κ3) is 4.03. The molecule has 0 aliphatic heterocycles. The van der Waals surface area contributed by atoms with E-state index in [-0.39, 0.29) is 17.7 Å². The Morgan fingerprint density at radius 3 is 2.32 bits per heavy atom. The second-order valence-corrected chi connectivity index (χ2v) is 5.88. The van der Waals surface area contributed by atoms with Crippen molar-refractivity contribution < 1.29 is 18.9 Å². The normalized spacial score (nSPS) is 14.2. The van der Waals surface area contributed by atoms with E-state index in [4.69, 9.17) is 4.42 Å². The highest BCUT2D eigenvalue weighted by Crippen LogP contribution is 2.19. The number of rotatable bonds is 5. The summed E-state index contributed by atoms with van der Waals surface area (Å²) in [6.07, 6.45) is 4.30. The Bertz CT molecular complexity index is 791. The number of carbonyl (C=O) groups excluding carboxylic acids is 2. The lowest BCUT2D eigenvalue weighted by Crippen LogP contribution is -2.32. The van der Waals surface area contributed by atoms with Crippen molar-refractivity contribution in [2.75, 3.05) is 5.32 Å². The van der Waals surface area contributed by atoms with Crippen LogP contribution in [0, 0.1) is 10.1 Å². The van der Waals surface area contributed by atoms with Crippen molar-refractivity contribution in [3.63, 3.8) is 0 Å². The molecule has 0 saturated heterocycles. The van der Waals surface area contributed by atoms with E-state index in [1.165, 1.54) is 6.07 Å². The van der Waals surface area contributed by atoms with Gasteiger partial charge in [-0.1, -0.05) is 12.8 Å². The number of furan rings is 1. The number of hydrogen-bond donors (Lipinski definition) is 2. The van der Waals surface area contributed by atoms with Crippen LogP contribution in [-0.4, -0.2) is 22.8 Å². The summed E-state index contributed by atoms with van der Waals surface area (Å²) in [5.41, 5.74) is 0.972. The third-order valence-electron chi connectivity index (χ3n) is 4.09. The molecule has 1 aliphatic rings. The zero-order chi connectivity index (χ0) is 17.8. The summed E-state index contributed by atoms with van der Waals surface area (Å²) in [4.78, 5) is 34.0. The van der Waals surface area contributed by atoms with E-state index in [1.807, 2.05) is 0 Å². The first-order valence-corrected chi connectivity index (χ1v) is 7.99. The molecule has 2 N–H and O–H groups in total. The highest BCUT2D eigenvalue weighted by molar-refractivity contribution is 6.02. The van der Waals surface area contributed by atoms with Gasteiger partial charge in [0.25, 0.3) is 11.8 Å². The van der Waals surface area contributed by atoms with Gasteiger partial charge in [0.15, 0.2) is 5.76 Å². The Morgan fingerprint density at radius 2 is 1.72 bits per heavy atom. The molecule has 1 saturated carbocycles. The first-order valence-electron chi connectivity index (χ1n) is 7.99. The average molecular weight is 343 g/mol. The predicted molar refractivity (Wildman–Crippen MR) is 89.5 cm³/mol. The third-order valence-corrected chi connectivity index (χ3v) is 4.09. The van der Waals surface area contributed by atoms with Crippen molar-refractivity contribution in [2.45, 2.75) is 31.7 Å². The zero-order valence-electron chi connectivity index (χ0n) is 13.4. The molecule has 1 aromatic carbocycles. The van der Waals surface area contributed by atoms with Crippen molar-refractivity contribution in [3.05, 3.63) is 57.8 Å². The van der Waals surface area contributed by atoms with Crippen LogP contribution in [0.15, 0.2) is 40.8 Å². The van der Waals surface area contributed by atoms with Gasteiger partial charge in [-0.25, -0.2) is 0 Å². The molecule has 0 atom stereocenters. The Labute approximate surface area is 143 Å². The molecule has 25 heavy (non-hydrogen) atoms. The lowest BCUT2D eigenvalue weighted by atomic mass is 10.1. The standard InChI is InChI=1S/C17H17N3O5/c21-16(18-12-3-1-2-4-12)11-5-7-13(8-6-11)19-17(22)14-9-10-15(25-14)20(23)24/h5-10,12H,1-4H2,(H,18,21)(H,19,22). The fraction of sp³-hybridized carbons (Fsp3) is 0.294. The Morgan fingerprint density at radius 1 is 1.04 bits per heavy atom. The Kier molecular flexibility index (Phi) is 4.78. The van der Waals surface area contributed by atoms with Crippen LogP contribution >= 0.6 is 0 Å². The maximum atomic E-state index is 12.1. The molecule has 0 spiro atoms. The fourth-order valence-electron chi connectivity index (χ4n) is 2.78. The second kappa shape index (κ2) is 7.16. The average Bonchev–Trinajstić information content (AvgIpc) is 3.27. The number of nitro groups is 1. The predicted octanol–water partition coefficient (Wildman–Crippen LogP) is 3.11. The van der Waals surface area contributed by atoms with Gasteiger partial charge >= 0.3 is 5.88 Å². The number of nitrogens with one attached hydrogen (secondary N) is 2. The van der Waals surface area contributed by atoms with E-state index in [9.17, 15) is 19.7 Å². The Hall–Kier alpha value is -3.16. The summed E-state index contributed by atoms with van der Waals surface area (Å²) in [5.74, 6) is -1.39. The van der Waals surface area contributed by atoms with Gasteiger partial charge in [-0.05, 0) is 43.2 Å². The highest BCUT2D eigenvalue weighted by Gasteiger charge is 2.19. The zero-order valence-corrected chi connectivity index (χ0v) is 13.4. The highest BCUT2D eigenvalue weighted by atomic mass is 16.6. The lowest BCUT2D eigenvalue weighted by Gasteiger charge is -2.12. The fourth-order valence-corrected chi connectivity index (χ4v) is 2.78. The minimum atomic E-state index is -0.714. The van der Waals surface area contributed by atoms with E-state index in [0.717, 1.165) is 31.7 Å². The van der Waals surface area contributed by atoms with Gasteiger partial charge in [0.05, 0.1) is 6.07 Å². The van der Waals surface area contributed by atoms with Crippen molar-refractivity contribution in [2.24, 2.45) is 0 Å². The largest absolute Gasteiger partial charge is 0.433 e. The smallest absolute Gasteiger partial charge is 0.395 e. The number of carbonyl (C=O) groups is 2. The van der Waals surface area contributed by atoms with Crippen molar-refractivity contribution in [3.8, 4) is 0 Å². The minimum absolute atomic E-state index is 0.133. The first-order chi connectivity index (χ1) is 12.0. The summed E-state index contributed by atoms with van der Waals surface area (Å²) < 4.78 is 4.84. The maximum Gasteiger partial charge on any atom is 0.433 e. The number of hydrogen-bond acceptors (Lipinski definition) is 5. The summed E-state index contributed by atoms with van der Waals surface area (Å²) in [7, 11) is 0. The van der Waals surface area contributed by atoms with Gasteiger partial charge in [-0.2, -0.15) is 0 Å². The molecule has 3 rings (SSSR count). The molecule has 0 unspecified atom stereocenters. The summed E-state index contributed by atoms with van der Waals surface area (Å²) in [6, 6.07) is 9.01. The van der Waals surface area contributed by atoms with Crippen molar-refractivity contribution in [1.29, 1.82) is 0 Å². The van der Waals surface area contributed by atoms with Crippen molar-refractivity contribution in [1.82, 2.24) is 5.32 Å².